The third kappa shape index (κ3) is 6.31. The van der Waals surface area contributed by atoms with Crippen molar-refractivity contribution in [2.45, 2.75) is 25.3 Å². The number of anilines is 1. The number of nitrogens with one attached hydrogen (secondary N) is 3. The van der Waals surface area contributed by atoms with Crippen molar-refractivity contribution in [1.82, 2.24) is 25.3 Å². The summed E-state index contributed by atoms with van der Waals surface area (Å²) in [5.41, 5.74) is 1.21. The van der Waals surface area contributed by atoms with Crippen molar-refractivity contribution >= 4 is 39.5 Å². The molecule has 1 aliphatic rings. The minimum absolute atomic E-state index is 0.00372. The lowest BCUT2D eigenvalue weighted by Crippen LogP contribution is -2.47. The maximum atomic E-state index is 12.4. The molecule has 1 saturated heterocycles. The second-order valence-electron chi connectivity index (χ2n) is 7.17. The molecule has 160 valence electrons. The highest BCUT2D eigenvalue weighted by Crippen LogP contribution is 2.14. The maximum Gasteiger partial charge on any atom is 0.319 e. The Hall–Kier alpha value is -2.88. The Bertz CT molecular complexity index is 890. The molecule has 3 N–H and O–H groups in total. The number of likely N-dealkylation sites (tertiary alicyclic amines) is 1. The number of amides is 4. The number of carbonyl (C=O) groups is 3. The highest BCUT2D eigenvalue weighted by Gasteiger charge is 2.24. The summed E-state index contributed by atoms with van der Waals surface area (Å²) in [6, 6.07) is 6.93. The molecule has 1 fully saturated rings. The zero-order chi connectivity index (χ0) is 21.5. The van der Waals surface area contributed by atoms with Crippen molar-refractivity contribution in [1.29, 1.82) is 0 Å². The Kier molecular flexibility index (Phi) is 7.45. The molecule has 1 aromatic heterocycles. The van der Waals surface area contributed by atoms with Gasteiger partial charge in [-0.25, -0.2) is 4.79 Å². The van der Waals surface area contributed by atoms with Crippen LogP contribution in [0.4, 0.5) is 10.5 Å². The van der Waals surface area contributed by atoms with Gasteiger partial charge in [-0.15, -0.1) is 0 Å². The Balaban J connectivity index is 1.33. The number of aromatic nitrogens is 2. The van der Waals surface area contributed by atoms with E-state index in [-0.39, 0.29) is 36.9 Å². The van der Waals surface area contributed by atoms with Gasteiger partial charge in [-0.3, -0.25) is 14.3 Å². The smallest absolute Gasteiger partial charge is 0.319 e. The van der Waals surface area contributed by atoms with Crippen LogP contribution in [0, 0.1) is 0 Å². The lowest BCUT2D eigenvalue weighted by atomic mass is 10.0. The first kappa shape index (κ1) is 21.8. The molecule has 3 rings (SSSR count). The van der Waals surface area contributed by atoms with Gasteiger partial charge in [0.2, 0.25) is 5.91 Å². The first-order valence-electron chi connectivity index (χ1n) is 9.78. The topological polar surface area (TPSA) is 108 Å². The van der Waals surface area contributed by atoms with Gasteiger partial charge < -0.3 is 20.9 Å². The van der Waals surface area contributed by atoms with E-state index < -0.39 is 0 Å². The van der Waals surface area contributed by atoms with Crippen LogP contribution < -0.4 is 16.0 Å². The molecule has 0 atom stereocenters. The molecular weight excluding hydrogens is 452 g/mol. The van der Waals surface area contributed by atoms with Gasteiger partial charge in [0.15, 0.2) is 0 Å². The maximum absolute atomic E-state index is 12.4. The van der Waals surface area contributed by atoms with Crippen LogP contribution in [0.5, 0.6) is 0 Å². The molecule has 30 heavy (non-hydrogen) atoms. The number of hydrogen-bond donors (Lipinski definition) is 3. The van der Waals surface area contributed by atoms with Gasteiger partial charge in [-0.2, -0.15) is 5.10 Å². The molecule has 1 aromatic carbocycles. The van der Waals surface area contributed by atoms with Gasteiger partial charge >= 0.3 is 6.03 Å². The molecule has 0 radical (unpaired) electrons. The highest BCUT2D eigenvalue weighted by atomic mass is 79.9. The second kappa shape index (κ2) is 10.2. The highest BCUT2D eigenvalue weighted by molar-refractivity contribution is 9.10. The van der Waals surface area contributed by atoms with E-state index in [1.54, 1.807) is 35.0 Å². The lowest BCUT2D eigenvalue weighted by molar-refractivity contribution is -0.132. The molecule has 0 aliphatic carbocycles. The van der Waals surface area contributed by atoms with E-state index in [1.807, 2.05) is 12.1 Å². The molecular formula is C20H25BrN6O3. The zero-order valence-corrected chi connectivity index (χ0v) is 18.3. The normalized spacial score (nSPS) is 14.3. The Morgan fingerprint density at radius 1 is 1.17 bits per heavy atom. The van der Waals surface area contributed by atoms with Crippen molar-refractivity contribution < 1.29 is 14.4 Å². The Morgan fingerprint density at radius 2 is 1.87 bits per heavy atom. The molecule has 1 aliphatic heterocycles. The fraction of sp³-hybridized carbons (Fsp3) is 0.400. The lowest BCUT2D eigenvalue weighted by Gasteiger charge is -2.32. The third-order valence-electron chi connectivity index (χ3n) is 4.88. The first-order valence-corrected chi connectivity index (χ1v) is 10.6. The molecule has 0 unspecified atom stereocenters. The molecule has 9 nitrogen and oxygen atoms in total. The third-order valence-corrected chi connectivity index (χ3v) is 5.41. The number of piperidine rings is 1. The van der Waals surface area contributed by atoms with E-state index in [1.165, 1.54) is 6.20 Å². The average molecular weight is 477 g/mol. The fourth-order valence-electron chi connectivity index (χ4n) is 3.23. The van der Waals surface area contributed by atoms with Crippen LogP contribution in [0.25, 0.3) is 0 Å². The molecule has 10 heteroatoms. The summed E-state index contributed by atoms with van der Waals surface area (Å²) in [4.78, 5) is 38.3. The predicted octanol–water partition coefficient (Wildman–Crippen LogP) is 2.12. The number of carbonyl (C=O) groups excluding carboxylic acids is 3. The number of benzene rings is 1. The minimum atomic E-state index is -0.345. The number of nitrogens with zero attached hydrogens (tertiary/aromatic N) is 3. The molecule has 0 spiro atoms. The van der Waals surface area contributed by atoms with Crippen molar-refractivity contribution in [3.63, 3.8) is 0 Å². The summed E-state index contributed by atoms with van der Waals surface area (Å²) in [6.45, 7) is 1.43. The Morgan fingerprint density at radius 3 is 2.50 bits per heavy atom. The standard InChI is InChI=1S/C20H25BrN6O3/c1-26-13-14(12-23-26)19(29)24-17-7-10-27(11-8-17)18(28)6-9-22-20(30)25-16-4-2-15(21)3-5-16/h2-5,12-13,17H,6-11H2,1H3,(H,24,29)(H2,22,25,30). The SMILES string of the molecule is Cn1cc(C(=O)NC2CCN(C(=O)CCNC(=O)Nc3ccc(Br)cc3)CC2)cn1. The first-order chi connectivity index (χ1) is 14.4. The summed E-state index contributed by atoms with van der Waals surface area (Å²) in [6.07, 6.45) is 4.85. The van der Waals surface area contributed by atoms with E-state index in [2.05, 4.69) is 37.0 Å². The van der Waals surface area contributed by atoms with Crippen molar-refractivity contribution in [2.75, 3.05) is 25.0 Å². The van der Waals surface area contributed by atoms with E-state index in [9.17, 15) is 14.4 Å². The van der Waals surface area contributed by atoms with E-state index >= 15 is 0 Å². The molecule has 2 aromatic rings. The van der Waals surface area contributed by atoms with Crippen LogP contribution >= 0.6 is 15.9 Å². The molecule has 0 saturated carbocycles. The molecule has 0 bridgehead atoms. The van der Waals surface area contributed by atoms with Crippen molar-refractivity contribution in [3.8, 4) is 0 Å². The van der Waals surface area contributed by atoms with Crippen molar-refractivity contribution in [2.24, 2.45) is 7.05 Å². The number of aryl methyl sites for hydroxylation is 1. The number of rotatable bonds is 6. The minimum Gasteiger partial charge on any atom is -0.349 e. The monoisotopic (exact) mass is 476 g/mol. The van der Waals surface area contributed by atoms with E-state index in [4.69, 9.17) is 0 Å². The molecule has 4 amide bonds. The van der Waals surface area contributed by atoms with Crippen molar-refractivity contribution in [3.05, 3.63) is 46.7 Å². The van der Waals surface area contributed by atoms with Gasteiger partial charge in [0.05, 0.1) is 11.8 Å². The number of halogens is 1. The van der Waals surface area contributed by atoms with Crippen LogP contribution in [0.2, 0.25) is 0 Å². The number of hydrogen-bond acceptors (Lipinski definition) is 4. The Labute approximate surface area is 183 Å². The predicted molar refractivity (Wildman–Crippen MR) is 116 cm³/mol. The van der Waals surface area contributed by atoms with Gasteiger partial charge in [-0.05, 0) is 37.1 Å². The average Bonchev–Trinajstić information content (AvgIpc) is 3.17. The van der Waals surface area contributed by atoms with Crippen LogP contribution in [0.1, 0.15) is 29.6 Å². The summed E-state index contributed by atoms with van der Waals surface area (Å²) < 4.78 is 2.52. The van der Waals surface area contributed by atoms with Crippen LogP contribution in [0.15, 0.2) is 41.1 Å². The van der Waals surface area contributed by atoms with Gasteiger partial charge in [0.25, 0.3) is 5.91 Å². The number of urea groups is 1. The van der Waals surface area contributed by atoms with E-state index in [0.29, 0.717) is 37.2 Å². The van der Waals surface area contributed by atoms with Crippen LogP contribution in [-0.2, 0) is 11.8 Å². The largest absolute Gasteiger partial charge is 0.349 e. The summed E-state index contributed by atoms with van der Waals surface area (Å²) in [5.74, 6) is -0.148. The van der Waals surface area contributed by atoms with E-state index in [0.717, 1.165) is 4.47 Å². The quantitative estimate of drug-likeness (QED) is 0.592. The van der Waals surface area contributed by atoms with Gasteiger partial charge in [0.1, 0.15) is 0 Å². The summed E-state index contributed by atoms with van der Waals surface area (Å²) in [5, 5.41) is 12.4. The van der Waals surface area contributed by atoms with Crippen LogP contribution in [0.3, 0.4) is 0 Å². The summed E-state index contributed by atoms with van der Waals surface area (Å²) >= 11 is 3.34. The fourth-order valence-corrected chi connectivity index (χ4v) is 3.49. The van der Waals surface area contributed by atoms with Crippen LogP contribution in [-0.4, -0.2) is 58.2 Å². The molecule has 2 heterocycles. The summed E-state index contributed by atoms with van der Waals surface area (Å²) in [7, 11) is 1.76. The van der Waals surface area contributed by atoms with Gasteiger partial charge in [-0.1, -0.05) is 15.9 Å². The second-order valence-corrected chi connectivity index (χ2v) is 8.08. The van der Waals surface area contributed by atoms with Gasteiger partial charge in [0, 0.05) is 55.5 Å². The zero-order valence-electron chi connectivity index (χ0n) is 16.7.